The Morgan fingerprint density at radius 2 is 1.68 bits per heavy atom. The predicted octanol–water partition coefficient (Wildman–Crippen LogP) is 3.51. The van der Waals surface area contributed by atoms with Gasteiger partial charge < -0.3 is 10.1 Å². The van der Waals surface area contributed by atoms with Gasteiger partial charge in [-0.2, -0.15) is 0 Å². The van der Waals surface area contributed by atoms with Gasteiger partial charge in [-0.25, -0.2) is 9.78 Å². The van der Waals surface area contributed by atoms with Crippen molar-refractivity contribution in [2.75, 3.05) is 12.9 Å². The topological polar surface area (TPSA) is 102 Å². The number of fused-ring (bicyclic) bond motifs is 1. The number of nitrogens with zero attached hydrogens (tertiary/aromatic N) is 2. The lowest BCUT2D eigenvalue weighted by atomic mass is 10.2. The highest BCUT2D eigenvalue weighted by Crippen LogP contribution is 2.26. The zero-order valence-electron chi connectivity index (χ0n) is 18.4. The average Bonchev–Trinajstić information content (AvgIpc) is 2.87. The fourth-order valence-electron chi connectivity index (χ4n) is 3.35. The number of thioether (sulfide) groups is 1. The number of urea groups is 1. The molecule has 3 aromatic carbocycles. The van der Waals surface area contributed by atoms with Gasteiger partial charge in [-0.1, -0.05) is 66.4 Å². The van der Waals surface area contributed by atoms with Gasteiger partial charge in [0.2, 0.25) is 5.91 Å². The van der Waals surface area contributed by atoms with E-state index in [2.05, 4.69) is 15.6 Å². The summed E-state index contributed by atoms with van der Waals surface area (Å²) in [6.07, 6.45) is 0. The van der Waals surface area contributed by atoms with Crippen molar-refractivity contribution in [1.82, 2.24) is 20.2 Å². The Bertz CT molecular complexity index is 1390. The summed E-state index contributed by atoms with van der Waals surface area (Å²) in [4.78, 5) is 42.5. The first-order valence-corrected chi connectivity index (χ1v) is 11.4. The Morgan fingerprint density at radius 3 is 2.47 bits per heavy atom. The van der Waals surface area contributed by atoms with Gasteiger partial charge in [0.05, 0.1) is 29.5 Å². The molecule has 172 valence electrons. The summed E-state index contributed by atoms with van der Waals surface area (Å²) in [5.41, 5.74) is 1.67. The number of hydrogen-bond acceptors (Lipinski definition) is 6. The van der Waals surface area contributed by atoms with Crippen LogP contribution in [0.5, 0.6) is 5.75 Å². The number of hydrogen-bond donors (Lipinski definition) is 2. The maximum atomic E-state index is 13.3. The van der Waals surface area contributed by atoms with Crippen molar-refractivity contribution >= 4 is 34.6 Å². The number of rotatable bonds is 7. The molecule has 0 aliphatic carbocycles. The van der Waals surface area contributed by atoms with E-state index in [0.717, 1.165) is 17.3 Å². The van der Waals surface area contributed by atoms with Crippen molar-refractivity contribution in [3.63, 3.8) is 0 Å². The molecule has 8 nitrogen and oxygen atoms in total. The standard InChI is InChI=1S/C25H22N4O4S/c1-33-21-14-8-7-13-20(21)29-23(31)18-11-5-6-12-19(18)27-25(29)34-16-22(30)28-24(32)26-15-17-9-3-2-4-10-17/h2-14H,15-16H2,1H3,(H2,26,28,30,32). The number of para-hydroxylation sites is 3. The highest BCUT2D eigenvalue weighted by Gasteiger charge is 2.18. The van der Waals surface area contributed by atoms with Gasteiger partial charge in [0.1, 0.15) is 5.75 Å². The number of nitrogens with one attached hydrogen (secondary N) is 2. The molecule has 1 heterocycles. The Balaban J connectivity index is 1.53. The highest BCUT2D eigenvalue weighted by molar-refractivity contribution is 7.99. The van der Waals surface area contributed by atoms with E-state index in [-0.39, 0.29) is 11.3 Å². The van der Waals surface area contributed by atoms with Gasteiger partial charge in [0.15, 0.2) is 5.16 Å². The van der Waals surface area contributed by atoms with Crippen LogP contribution < -0.4 is 20.9 Å². The summed E-state index contributed by atoms with van der Waals surface area (Å²) in [7, 11) is 1.52. The summed E-state index contributed by atoms with van der Waals surface area (Å²) >= 11 is 1.06. The molecular formula is C25H22N4O4S. The normalized spacial score (nSPS) is 10.6. The molecular weight excluding hydrogens is 452 g/mol. The number of amides is 3. The van der Waals surface area contributed by atoms with E-state index in [0.29, 0.717) is 34.0 Å². The lowest BCUT2D eigenvalue weighted by Crippen LogP contribution is -2.40. The third kappa shape index (κ3) is 5.26. The summed E-state index contributed by atoms with van der Waals surface area (Å²) in [5, 5.41) is 5.71. The van der Waals surface area contributed by atoms with Crippen LogP contribution in [0.15, 0.2) is 88.8 Å². The number of methoxy groups -OCH3 is 1. The second-order valence-electron chi connectivity index (χ2n) is 7.23. The van der Waals surface area contributed by atoms with Gasteiger partial charge in [-0.3, -0.25) is 19.5 Å². The lowest BCUT2D eigenvalue weighted by Gasteiger charge is -2.15. The molecule has 1 aromatic heterocycles. The third-order valence-corrected chi connectivity index (χ3v) is 5.89. The first-order chi connectivity index (χ1) is 16.6. The molecule has 0 atom stereocenters. The molecule has 0 fully saturated rings. The van der Waals surface area contributed by atoms with Crippen molar-refractivity contribution in [2.24, 2.45) is 0 Å². The molecule has 0 aliphatic rings. The van der Waals surface area contributed by atoms with Crippen LogP contribution in [0.2, 0.25) is 0 Å². The van der Waals surface area contributed by atoms with Crippen LogP contribution in [0.4, 0.5) is 4.79 Å². The van der Waals surface area contributed by atoms with Crippen LogP contribution in [0.25, 0.3) is 16.6 Å². The van der Waals surface area contributed by atoms with E-state index in [1.165, 1.54) is 11.7 Å². The van der Waals surface area contributed by atoms with Crippen LogP contribution >= 0.6 is 11.8 Å². The lowest BCUT2D eigenvalue weighted by molar-refractivity contribution is -0.117. The Morgan fingerprint density at radius 1 is 0.971 bits per heavy atom. The fourth-order valence-corrected chi connectivity index (χ4v) is 4.16. The van der Waals surface area contributed by atoms with E-state index >= 15 is 0 Å². The molecule has 0 saturated heterocycles. The number of carbonyl (C=O) groups excluding carboxylic acids is 2. The Hall–Kier alpha value is -4.11. The summed E-state index contributed by atoms with van der Waals surface area (Å²) < 4.78 is 6.86. The quantitative estimate of drug-likeness (QED) is 0.314. The van der Waals surface area contributed by atoms with Gasteiger partial charge >= 0.3 is 6.03 Å². The maximum Gasteiger partial charge on any atom is 0.321 e. The number of imide groups is 1. The van der Waals surface area contributed by atoms with Crippen molar-refractivity contribution < 1.29 is 14.3 Å². The largest absolute Gasteiger partial charge is 0.495 e. The number of carbonyl (C=O) groups is 2. The first kappa shape index (κ1) is 23.1. The summed E-state index contributed by atoms with van der Waals surface area (Å²) in [6.45, 7) is 0.298. The van der Waals surface area contributed by atoms with Crippen LogP contribution in [-0.4, -0.2) is 34.4 Å². The molecule has 0 aliphatic heterocycles. The Labute approximate surface area is 200 Å². The SMILES string of the molecule is COc1ccccc1-n1c(SCC(=O)NC(=O)NCc2ccccc2)nc2ccccc2c1=O. The smallest absolute Gasteiger partial charge is 0.321 e. The van der Waals surface area contributed by atoms with Crippen molar-refractivity contribution in [3.8, 4) is 11.4 Å². The van der Waals surface area contributed by atoms with Crippen LogP contribution in [0.3, 0.4) is 0 Å². The Kier molecular flexibility index (Phi) is 7.24. The molecule has 2 N–H and O–H groups in total. The maximum absolute atomic E-state index is 13.3. The van der Waals surface area contributed by atoms with E-state index in [1.807, 2.05) is 30.3 Å². The van der Waals surface area contributed by atoms with E-state index in [9.17, 15) is 14.4 Å². The van der Waals surface area contributed by atoms with Crippen molar-refractivity contribution in [1.29, 1.82) is 0 Å². The van der Waals surface area contributed by atoms with E-state index in [4.69, 9.17) is 4.74 Å². The predicted molar refractivity (Wildman–Crippen MR) is 131 cm³/mol. The number of benzene rings is 3. The third-order valence-electron chi connectivity index (χ3n) is 4.95. The molecule has 34 heavy (non-hydrogen) atoms. The molecule has 0 saturated carbocycles. The summed E-state index contributed by atoms with van der Waals surface area (Å²) in [5.74, 6) is -0.128. The van der Waals surface area contributed by atoms with E-state index < -0.39 is 11.9 Å². The molecule has 0 bridgehead atoms. The minimum Gasteiger partial charge on any atom is -0.495 e. The molecule has 4 aromatic rings. The molecule has 4 rings (SSSR count). The second-order valence-corrected chi connectivity index (χ2v) is 8.17. The second kappa shape index (κ2) is 10.7. The van der Waals surface area contributed by atoms with Gasteiger partial charge in [-0.15, -0.1) is 0 Å². The van der Waals surface area contributed by atoms with Crippen LogP contribution in [0.1, 0.15) is 5.56 Å². The highest BCUT2D eigenvalue weighted by atomic mass is 32.2. The number of ether oxygens (including phenoxy) is 1. The molecule has 3 amide bonds. The minimum absolute atomic E-state index is 0.112. The zero-order valence-corrected chi connectivity index (χ0v) is 19.2. The van der Waals surface area contributed by atoms with Gasteiger partial charge in [0.25, 0.3) is 5.56 Å². The van der Waals surface area contributed by atoms with Crippen molar-refractivity contribution in [3.05, 3.63) is 94.8 Å². The molecule has 9 heteroatoms. The average molecular weight is 475 g/mol. The number of aromatic nitrogens is 2. The monoisotopic (exact) mass is 474 g/mol. The van der Waals surface area contributed by atoms with Crippen molar-refractivity contribution in [2.45, 2.75) is 11.7 Å². The fraction of sp³-hybridized carbons (Fsp3) is 0.120. The van der Waals surface area contributed by atoms with E-state index in [1.54, 1.807) is 48.5 Å². The minimum atomic E-state index is -0.594. The molecule has 0 spiro atoms. The molecule has 0 unspecified atom stereocenters. The summed E-state index contributed by atoms with van der Waals surface area (Å²) in [6, 6.07) is 22.9. The molecule has 0 radical (unpaired) electrons. The van der Waals surface area contributed by atoms with Crippen LogP contribution in [0, 0.1) is 0 Å². The zero-order chi connectivity index (χ0) is 23.9. The first-order valence-electron chi connectivity index (χ1n) is 10.5. The van der Waals surface area contributed by atoms with Gasteiger partial charge in [-0.05, 0) is 29.8 Å². The van der Waals surface area contributed by atoms with Crippen LogP contribution in [-0.2, 0) is 11.3 Å². The van der Waals surface area contributed by atoms with Gasteiger partial charge in [0, 0.05) is 6.54 Å².